The van der Waals surface area contributed by atoms with E-state index in [2.05, 4.69) is 0 Å². The lowest BCUT2D eigenvalue weighted by molar-refractivity contribution is -0.154. The third-order valence-corrected chi connectivity index (χ3v) is 4.74. The number of ether oxygens (including phenoxy) is 2. The van der Waals surface area contributed by atoms with Crippen molar-refractivity contribution in [2.75, 3.05) is 7.11 Å². The summed E-state index contributed by atoms with van der Waals surface area (Å²) in [6, 6.07) is 20.2. The molecule has 0 fully saturated rings. The summed E-state index contributed by atoms with van der Waals surface area (Å²) in [4.78, 5) is -2.70. The van der Waals surface area contributed by atoms with Crippen LogP contribution in [-0.2, 0) is 4.87 Å². The summed E-state index contributed by atoms with van der Waals surface area (Å²) in [6.07, 6.45) is -4.72. The molecule has 3 aromatic carbocycles. The average Bonchev–Trinajstić information content (AvgIpc) is 2.68. The van der Waals surface area contributed by atoms with E-state index in [9.17, 15) is 13.2 Å². The molecule has 0 aliphatic carbocycles. The van der Waals surface area contributed by atoms with Gasteiger partial charge in [-0.2, -0.15) is 13.2 Å². The molecule has 0 aromatic heterocycles. The molecular formula is C21H16ClF3O2. The fraction of sp³-hybridized carbons (Fsp3) is 0.143. The number of hydrogen-bond acceptors (Lipinski definition) is 2. The molecule has 140 valence electrons. The maximum atomic E-state index is 14.0. The minimum absolute atomic E-state index is 0.106. The second-order valence-corrected chi connectivity index (χ2v) is 6.39. The Labute approximate surface area is 160 Å². The first kappa shape index (κ1) is 19.1. The number of halogens is 4. The quantitative estimate of drug-likeness (QED) is 0.459. The molecule has 3 aromatic rings. The lowest BCUT2D eigenvalue weighted by Crippen LogP contribution is -2.38. The fourth-order valence-corrected chi connectivity index (χ4v) is 2.95. The van der Waals surface area contributed by atoms with E-state index in [0.717, 1.165) is 0 Å². The molecule has 6 heteroatoms. The number of hydrogen-bond donors (Lipinski definition) is 0. The Morgan fingerprint density at radius 3 is 1.89 bits per heavy atom. The van der Waals surface area contributed by atoms with Crippen molar-refractivity contribution in [3.63, 3.8) is 0 Å². The van der Waals surface area contributed by atoms with E-state index in [0.29, 0.717) is 17.2 Å². The van der Waals surface area contributed by atoms with Gasteiger partial charge in [0, 0.05) is 0 Å². The Hall–Kier alpha value is -2.66. The highest BCUT2D eigenvalue weighted by molar-refractivity contribution is 6.26. The Morgan fingerprint density at radius 2 is 1.30 bits per heavy atom. The van der Waals surface area contributed by atoms with Crippen LogP contribution in [-0.4, -0.2) is 13.3 Å². The summed E-state index contributed by atoms with van der Waals surface area (Å²) >= 11 is 6.19. The van der Waals surface area contributed by atoms with Crippen molar-refractivity contribution in [2.45, 2.75) is 11.1 Å². The summed E-state index contributed by atoms with van der Waals surface area (Å²) in [5.74, 6) is 1.30. The third-order valence-electron chi connectivity index (χ3n) is 4.09. The SMILES string of the molecule is COc1cccc(C(Cl)(c2ccc(Oc3ccccc3)cc2)C(F)(F)F)c1. The van der Waals surface area contributed by atoms with Crippen molar-refractivity contribution in [3.8, 4) is 17.2 Å². The second-order valence-electron chi connectivity index (χ2n) is 5.83. The topological polar surface area (TPSA) is 18.5 Å². The van der Waals surface area contributed by atoms with E-state index in [4.69, 9.17) is 21.1 Å². The van der Waals surface area contributed by atoms with E-state index in [1.807, 2.05) is 6.07 Å². The number of para-hydroxylation sites is 1. The molecule has 0 heterocycles. The predicted octanol–water partition coefficient (Wildman–Crippen LogP) is 6.53. The molecule has 0 radical (unpaired) electrons. The fourth-order valence-electron chi connectivity index (χ4n) is 2.71. The van der Waals surface area contributed by atoms with Crippen molar-refractivity contribution in [3.05, 3.63) is 90.0 Å². The third kappa shape index (κ3) is 3.88. The molecule has 0 saturated heterocycles. The van der Waals surface area contributed by atoms with Crippen LogP contribution in [0.1, 0.15) is 11.1 Å². The van der Waals surface area contributed by atoms with Crippen molar-refractivity contribution in [2.24, 2.45) is 0 Å². The van der Waals surface area contributed by atoms with Gasteiger partial charge in [-0.3, -0.25) is 0 Å². The van der Waals surface area contributed by atoms with E-state index in [1.165, 1.54) is 49.6 Å². The standard InChI is InChI=1S/C21H16ClF3O2/c1-26-19-9-5-6-16(14-19)20(22,21(23,24)25)15-10-12-18(13-11-15)27-17-7-3-2-4-8-17/h2-14H,1H3. The highest BCUT2D eigenvalue weighted by Gasteiger charge is 2.56. The van der Waals surface area contributed by atoms with Crippen LogP contribution >= 0.6 is 11.6 Å². The van der Waals surface area contributed by atoms with Gasteiger partial charge in [-0.15, -0.1) is 0 Å². The van der Waals surface area contributed by atoms with Crippen molar-refractivity contribution < 1.29 is 22.6 Å². The van der Waals surface area contributed by atoms with E-state index in [1.54, 1.807) is 30.3 Å². The first-order valence-electron chi connectivity index (χ1n) is 8.08. The lowest BCUT2D eigenvalue weighted by atomic mass is 9.89. The first-order valence-corrected chi connectivity index (χ1v) is 8.46. The van der Waals surface area contributed by atoms with Crippen molar-refractivity contribution >= 4 is 11.6 Å². The van der Waals surface area contributed by atoms with Gasteiger partial charge in [-0.1, -0.05) is 54.1 Å². The van der Waals surface area contributed by atoms with Crippen LogP contribution in [0.15, 0.2) is 78.9 Å². The first-order chi connectivity index (χ1) is 12.8. The molecule has 0 amide bonds. The molecule has 0 spiro atoms. The Kier molecular flexibility index (Phi) is 5.33. The number of methoxy groups -OCH3 is 1. The van der Waals surface area contributed by atoms with Crippen LogP contribution in [0.25, 0.3) is 0 Å². The summed E-state index contributed by atoms with van der Waals surface area (Å²) in [7, 11) is 1.39. The summed E-state index contributed by atoms with van der Waals surface area (Å²) in [6.45, 7) is 0. The van der Waals surface area contributed by atoms with E-state index < -0.39 is 11.1 Å². The van der Waals surface area contributed by atoms with Gasteiger partial charge in [0.2, 0.25) is 0 Å². The second kappa shape index (κ2) is 7.53. The molecule has 27 heavy (non-hydrogen) atoms. The largest absolute Gasteiger partial charge is 0.497 e. The summed E-state index contributed by atoms with van der Waals surface area (Å²) < 4.78 is 52.5. The Bertz CT molecular complexity index is 895. The molecule has 0 saturated carbocycles. The van der Waals surface area contributed by atoms with E-state index in [-0.39, 0.29) is 11.1 Å². The maximum absolute atomic E-state index is 14.0. The van der Waals surface area contributed by atoms with Gasteiger partial charge in [0.25, 0.3) is 0 Å². The molecule has 0 bridgehead atoms. The molecule has 3 rings (SSSR count). The van der Waals surface area contributed by atoms with Crippen LogP contribution in [0.3, 0.4) is 0 Å². The zero-order valence-corrected chi connectivity index (χ0v) is 15.1. The monoisotopic (exact) mass is 392 g/mol. The maximum Gasteiger partial charge on any atom is 0.415 e. The zero-order chi connectivity index (χ0) is 19.5. The molecule has 1 unspecified atom stereocenters. The van der Waals surface area contributed by atoms with Crippen LogP contribution < -0.4 is 9.47 Å². The van der Waals surface area contributed by atoms with Crippen LogP contribution in [0.4, 0.5) is 13.2 Å². The van der Waals surface area contributed by atoms with Gasteiger partial charge in [0.15, 0.2) is 4.87 Å². The summed E-state index contributed by atoms with van der Waals surface area (Å²) in [5, 5.41) is 0. The molecule has 0 N–H and O–H groups in total. The van der Waals surface area contributed by atoms with Gasteiger partial charge < -0.3 is 9.47 Å². The predicted molar refractivity (Wildman–Crippen MR) is 98.6 cm³/mol. The van der Waals surface area contributed by atoms with Crippen molar-refractivity contribution in [1.82, 2.24) is 0 Å². The number of rotatable bonds is 5. The molecule has 1 atom stereocenters. The van der Waals surface area contributed by atoms with Gasteiger partial charge in [0.1, 0.15) is 17.2 Å². The van der Waals surface area contributed by atoms with Crippen LogP contribution in [0.2, 0.25) is 0 Å². The Morgan fingerprint density at radius 1 is 0.704 bits per heavy atom. The van der Waals surface area contributed by atoms with E-state index >= 15 is 0 Å². The molecular weight excluding hydrogens is 377 g/mol. The molecule has 0 aliphatic heterocycles. The van der Waals surface area contributed by atoms with Gasteiger partial charge in [-0.25, -0.2) is 0 Å². The lowest BCUT2D eigenvalue weighted by Gasteiger charge is -2.31. The highest BCUT2D eigenvalue weighted by atomic mass is 35.5. The minimum Gasteiger partial charge on any atom is -0.497 e. The smallest absolute Gasteiger partial charge is 0.415 e. The van der Waals surface area contributed by atoms with Crippen LogP contribution in [0.5, 0.6) is 17.2 Å². The van der Waals surface area contributed by atoms with Gasteiger partial charge in [-0.05, 0) is 47.5 Å². The molecule has 0 aliphatic rings. The van der Waals surface area contributed by atoms with Gasteiger partial charge in [0.05, 0.1) is 7.11 Å². The zero-order valence-electron chi connectivity index (χ0n) is 14.3. The summed E-state index contributed by atoms with van der Waals surface area (Å²) in [5.41, 5.74) is -0.224. The van der Waals surface area contributed by atoms with Gasteiger partial charge >= 0.3 is 6.18 Å². The van der Waals surface area contributed by atoms with Crippen molar-refractivity contribution in [1.29, 1.82) is 0 Å². The Balaban J connectivity index is 1.98. The number of alkyl halides is 4. The number of benzene rings is 3. The van der Waals surface area contributed by atoms with Crippen LogP contribution in [0, 0.1) is 0 Å². The minimum atomic E-state index is -4.72. The molecule has 2 nitrogen and oxygen atoms in total. The normalized spacial score (nSPS) is 13.7. The average molecular weight is 393 g/mol. The highest BCUT2D eigenvalue weighted by Crippen LogP contribution is 2.50.